The average molecular weight is 393 g/mol. The third kappa shape index (κ3) is 3.68. The Morgan fingerprint density at radius 3 is 2.84 bits per heavy atom. The van der Waals surface area contributed by atoms with E-state index >= 15 is 0 Å². The summed E-state index contributed by atoms with van der Waals surface area (Å²) in [6.07, 6.45) is 1.35. The van der Waals surface area contributed by atoms with Gasteiger partial charge in [0, 0.05) is 9.61 Å². The average Bonchev–Trinajstić information content (AvgIpc) is 2.31. The molecule has 1 unspecified atom stereocenters. The molecule has 1 aromatic carbocycles. The van der Waals surface area contributed by atoms with Crippen molar-refractivity contribution in [1.82, 2.24) is 5.32 Å². The van der Waals surface area contributed by atoms with Crippen molar-refractivity contribution in [2.24, 2.45) is 0 Å². The van der Waals surface area contributed by atoms with Gasteiger partial charge in [-0.3, -0.25) is 4.79 Å². The molecule has 4 nitrogen and oxygen atoms in total. The molecule has 2 rings (SSSR count). The predicted octanol–water partition coefficient (Wildman–Crippen LogP) is 1.91. The molecule has 104 valence electrons. The molecule has 1 aliphatic rings. The molecule has 0 saturated carbocycles. The standard InChI is InChI=1S/C13H16INO3S/c1-9-4-2-6-11(12(9)14)13(16)15-10-5-3-7-19(17,18)8-10/h2,4,6,10H,3,5,7-8H2,1H3,(H,15,16). The van der Waals surface area contributed by atoms with E-state index in [1.165, 1.54) is 0 Å². The van der Waals surface area contributed by atoms with E-state index in [1.807, 2.05) is 19.1 Å². The first-order valence-corrected chi connectivity index (χ1v) is 9.05. The van der Waals surface area contributed by atoms with Crippen molar-refractivity contribution in [2.75, 3.05) is 11.5 Å². The quantitative estimate of drug-likeness (QED) is 0.781. The van der Waals surface area contributed by atoms with Gasteiger partial charge in [0.1, 0.15) is 0 Å². The molecule has 1 aromatic rings. The Balaban J connectivity index is 2.11. The van der Waals surface area contributed by atoms with Gasteiger partial charge < -0.3 is 5.32 Å². The second kappa shape index (κ2) is 5.78. The van der Waals surface area contributed by atoms with Crippen LogP contribution in [0.25, 0.3) is 0 Å². The number of rotatable bonds is 2. The van der Waals surface area contributed by atoms with Crippen LogP contribution in [0.1, 0.15) is 28.8 Å². The molecule has 1 heterocycles. The van der Waals surface area contributed by atoms with Gasteiger partial charge in [-0.05, 0) is 54.0 Å². The molecule has 0 bridgehead atoms. The van der Waals surface area contributed by atoms with Crippen LogP contribution in [-0.2, 0) is 9.84 Å². The van der Waals surface area contributed by atoms with Gasteiger partial charge in [-0.25, -0.2) is 8.42 Å². The molecule has 0 radical (unpaired) electrons. The van der Waals surface area contributed by atoms with Crippen LogP contribution in [0.5, 0.6) is 0 Å². The van der Waals surface area contributed by atoms with E-state index in [-0.39, 0.29) is 23.5 Å². The van der Waals surface area contributed by atoms with E-state index in [0.717, 1.165) is 15.6 Å². The number of halogens is 1. The molecule has 19 heavy (non-hydrogen) atoms. The Kier molecular flexibility index (Phi) is 4.50. The van der Waals surface area contributed by atoms with Gasteiger partial charge >= 0.3 is 0 Å². The number of carbonyl (C=O) groups is 1. The zero-order chi connectivity index (χ0) is 14.0. The topological polar surface area (TPSA) is 63.2 Å². The largest absolute Gasteiger partial charge is 0.348 e. The number of hydrogen-bond donors (Lipinski definition) is 1. The number of benzene rings is 1. The lowest BCUT2D eigenvalue weighted by molar-refractivity contribution is 0.0937. The number of aryl methyl sites for hydroxylation is 1. The Hall–Kier alpha value is -0.630. The fourth-order valence-corrected chi connectivity index (χ4v) is 4.46. The summed E-state index contributed by atoms with van der Waals surface area (Å²) in [6, 6.07) is 5.29. The minimum atomic E-state index is -2.99. The maximum Gasteiger partial charge on any atom is 0.252 e. The molecule has 0 spiro atoms. The van der Waals surface area contributed by atoms with Gasteiger partial charge in [0.2, 0.25) is 0 Å². The maximum atomic E-state index is 12.2. The van der Waals surface area contributed by atoms with Crippen molar-refractivity contribution in [3.63, 3.8) is 0 Å². The lowest BCUT2D eigenvalue weighted by Gasteiger charge is -2.23. The van der Waals surface area contributed by atoms with Gasteiger partial charge in [-0.2, -0.15) is 0 Å². The summed E-state index contributed by atoms with van der Waals surface area (Å²) in [5.41, 5.74) is 1.66. The number of amides is 1. The van der Waals surface area contributed by atoms with Crippen molar-refractivity contribution < 1.29 is 13.2 Å². The van der Waals surface area contributed by atoms with Gasteiger partial charge in [0.05, 0.1) is 17.1 Å². The van der Waals surface area contributed by atoms with Crippen molar-refractivity contribution in [3.8, 4) is 0 Å². The second-order valence-electron chi connectivity index (χ2n) is 4.86. The van der Waals surface area contributed by atoms with Crippen molar-refractivity contribution >= 4 is 38.3 Å². The molecule has 1 atom stereocenters. The number of hydrogen-bond acceptors (Lipinski definition) is 3. The first-order chi connectivity index (χ1) is 8.89. The van der Waals surface area contributed by atoms with Crippen molar-refractivity contribution in [1.29, 1.82) is 0 Å². The zero-order valence-electron chi connectivity index (χ0n) is 10.6. The predicted molar refractivity (Wildman–Crippen MR) is 83.0 cm³/mol. The zero-order valence-corrected chi connectivity index (χ0v) is 13.6. The van der Waals surface area contributed by atoms with E-state index in [9.17, 15) is 13.2 Å². The highest BCUT2D eigenvalue weighted by Crippen LogP contribution is 2.18. The monoisotopic (exact) mass is 393 g/mol. The minimum Gasteiger partial charge on any atom is -0.348 e. The first kappa shape index (κ1) is 14.8. The maximum absolute atomic E-state index is 12.2. The molecule has 1 saturated heterocycles. The summed E-state index contributed by atoms with van der Waals surface area (Å²) < 4.78 is 24.0. The smallest absolute Gasteiger partial charge is 0.252 e. The third-order valence-electron chi connectivity index (χ3n) is 3.23. The lowest BCUT2D eigenvalue weighted by Crippen LogP contribution is -2.43. The SMILES string of the molecule is Cc1cccc(C(=O)NC2CCCS(=O)(=O)C2)c1I. The highest BCUT2D eigenvalue weighted by Gasteiger charge is 2.26. The van der Waals surface area contributed by atoms with Crippen LogP contribution < -0.4 is 5.32 Å². The molecule has 0 aliphatic carbocycles. The van der Waals surface area contributed by atoms with Crippen LogP contribution in [0, 0.1) is 10.5 Å². The van der Waals surface area contributed by atoms with Crippen LogP contribution in [0.3, 0.4) is 0 Å². The van der Waals surface area contributed by atoms with Crippen molar-refractivity contribution in [2.45, 2.75) is 25.8 Å². The Morgan fingerprint density at radius 1 is 1.42 bits per heavy atom. The van der Waals surface area contributed by atoms with E-state index in [2.05, 4.69) is 27.9 Å². The molecule has 1 aliphatic heterocycles. The van der Waals surface area contributed by atoms with Crippen molar-refractivity contribution in [3.05, 3.63) is 32.9 Å². The summed E-state index contributed by atoms with van der Waals surface area (Å²) in [6.45, 7) is 1.95. The molecule has 1 amide bonds. The van der Waals surface area contributed by atoms with Crippen LogP contribution >= 0.6 is 22.6 Å². The summed E-state index contributed by atoms with van der Waals surface area (Å²) >= 11 is 2.14. The summed E-state index contributed by atoms with van der Waals surface area (Å²) in [5.74, 6) is 0.109. The van der Waals surface area contributed by atoms with Crippen LogP contribution in [0.15, 0.2) is 18.2 Å². The highest BCUT2D eigenvalue weighted by atomic mass is 127. The normalized spacial score (nSPS) is 21.9. The van der Waals surface area contributed by atoms with E-state index in [4.69, 9.17) is 0 Å². The van der Waals surface area contributed by atoms with Gasteiger partial charge in [0.15, 0.2) is 9.84 Å². The molecule has 1 N–H and O–H groups in total. The third-order valence-corrected chi connectivity index (χ3v) is 6.49. The van der Waals surface area contributed by atoms with E-state index in [1.54, 1.807) is 6.07 Å². The lowest BCUT2D eigenvalue weighted by atomic mass is 10.1. The van der Waals surface area contributed by atoms with Gasteiger partial charge in [0.25, 0.3) is 5.91 Å². The van der Waals surface area contributed by atoms with Crippen LogP contribution in [-0.4, -0.2) is 31.9 Å². The first-order valence-electron chi connectivity index (χ1n) is 6.15. The Labute approximate surface area is 127 Å². The summed E-state index contributed by atoms with van der Waals surface area (Å²) in [5, 5.41) is 2.84. The fraction of sp³-hybridized carbons (Fsp3) is 0.462. The Bertz CT molecular complexity index is 598. The molecule has 1 fully saturated rings. The van der Waals surface area contributed by atoms with Gasteiger partial charge in [-0.1, -0.05) is 12.1 Å². The number of sulfone groups is 1. The molecule has 6 heteroatoms. The molecule has 0 aromatic heterocycles. The van der Waals surface area contributed by atoms with Crippen LogP contribution in [0.2, 0.25) is 0 Å². The van der Waals surface area contributed by atoms with E-state index in [0.29, 0.717) is 12.0 Å². The summed E-state index contributed by atoms with van der Waals surface area (Å²) in [7, 11) is -2.99. The Morgan fingerprint density at radius 2 is 2.16 bits per heavy atom. The second-order valence-corrected chi connectivity index (χ2v) is 8.17. The highest BCUT2D eigenvalue weighted by molar-refractivity contribution is 14.1. The number of carbonyl (C=O) groups excluding carboxylic acids is 1. The number of nitrogens with one attached hydrogen (secondary N) is 1. The van der Waals surface area contributed by atoms with E-state index < -0.39 is 9.84 Å². The minimum absolute atomic E-state index is 0.0567. The summed E-state index contributed by atoms with van der Waals surface area (Å²) in [4.78, 5) is 12.2. The van der Waals surface area contributed by atoms with Crippen LogP contribution in [0.4, 0.5) is 0 Å². The fourth-order valence-electron chi connectivity index (χ4n) is 2.22. The molecular weight excluding hydrogens is 377 g/mol. The molecular formula is C13H16INO3S. The van der Waals surface area contributed by atoms with Gasteiger partial charge in [-0.15, -0.1) is 0 Å².